The zero-order valence-electron chi connectivity index (χ0n) is 8.84. The monoisotopic (exact) mass is 258 g/mol. The normalized spacial score (nSPS) is 11.8. The molecule has 1 atom stereocenters. The number of carboxylic acid groups (broad SMARTS) is 1. The van der Waals surface area contributed by atoms with Gasteiger partial charge in [0, 0.05) is 0 Å². The highest BCUT2D eigenvalue weighted by molar-refractivity contribution is 7.08. The first kappa shape index (κ1) is 13.0. The van der Waals surface area contributed by atoms with E-state index in [1.807, 2.05) is 0 Å². The molecule has 0 radical (unpaired) electrons. The smallest absolute Gasteiger partial charge is 0.326 e. The number of aliphatic carboxylic acids is 1. The summed E-state index contributed by atoms with van der Waals surface area (Å²) < 4.78 is 3.55. The average molecular weight is 258 g/mol. The van der Waals surface area contributed by atoms with Gasteiger partial charge in [0.15, 0.2) is 0 Å². The molecule has 1 aromatic heterocycles. The lowest BCUT2D eigenvalue weighted by Crippen LogP contribution is -2.43. The minimum Gasteiger partial charge on any atom is -0.480 e. The van der Waals surface area contributed by atoms with Gasteiger partial charge in [0.2, 0.25) is 5.91 Å². The summed E-state index contributed by atoms with van der Waals surface area (Å²) in [5.74, 6) is -2.77. The number of aromatic nitrogens is 2. The molecule has 4 N–H and O–H groups in total. The fourth-order valence-electron chi connectivity index (χ4n) is 1.06. The lowest BCUT2D eigenvalue weighted by molar-refractivity contribution is -0.140. The van der Waals surface area contributed by atoms with Crippen molar-refractivity contribution >= 4 is 29.3 Å². The molecule has 92 valence electrons. The van der Waals surface area contributed by atoms with Gasteiger partial charge < -0.3 is 16.2 Å². The minimum atomic E-state index is -1.35. The van der Waals surface area contributed by atoms with Crippen LogP contribution in [0.3, 0.4) is 0 Å². The quantitative estimate of drug-likeness (QED) is 0.613. The first-order chi connectivity index (χ1) is 7.91. The number of nitrogens with zero attached hydrogens (tertiary/aromatic N) is 2. The van der Waals surface area contributed by atoms with Crippen LogP contribution in [0.4, 0.5) is 0 Å². The summed E-state index contributed by atoms with van der Waals surface area (Å²) in [5.41, 5.74) is 5.28. The third-order valence-corrected chi connectivity index (χ3v) is 2.69. The fourth-order valence-corrected chi connectivity index (χ4v) is 1.62. The topological polar surface area (TPSA) is 135 Å². The molecule has 0 aliphatic carbocycles. The number of carboxylic acids is 1. The van der Waals surface area contributed by atoms with Crippen molar-refractivity contribution in [3.05, 3.63) is 10.6 Å². The van der Waals surface area contributed by atoms with Crippen molar-refractivity contribution in [3.63, 3.8) is 0 Å². The van der Waals surface area contributed by atoms with Crippen LogP contribution in [0.15, 0.2) is 0 Å². The molecule has 2 amide bonds. The number of carbonyl (C=O) groups is 3. The molecule has 1 aromatic rings. The van der Waals surface area contributed by atoms with Crippen LogP contribution in [0.5, 0.6) is 0 Å². The zero-order chi connectivity index (χ0) is 13.0. The molecule has 0 bridgehead atoms. The van der Waals surface area contributed by atoms with Gasteiger partial charge in [-0.15, -0.1) is 5.10 Å². The van der Waals surface area contributed by atoms with Gasteiger partial charge in [0.25, 0.3) is 5.91 Å². The molecule has 0 aliphatic heterocycles. The Bertz CT molecular complexity index is 458. The SMILES string of the molecule is Cc1nnsc1C(=O)N[C@H](CC(N)=O)C(=O)O. The second kappa shape index (κ2) is 5.34. The van der Waals surface area contributed by atoms with Gasteiger partial charge >= 0.3 is 5.97 Å². The highest BCUT2D eigenvalue weighted by Crippen LogP contribution is 2.09. The number of nitrogens with two attached hydrogens (primary N) is 1. The van der Waals surface area contributed by atoms with Crippen LogP contribution in [0.25, 0.3) is 0 Å². The van der Waals surface area contributed by atoms with Crippen molar-refractivity contribution in [2.24, 2.45) is 5.73 Å². The average Bonchev–Trinajstić information content (AvgIpc) is 2.62. The van der Waals surface area contributed by atoms with Crippen molar-refractivity contribution in [2.45, 2.75) is 19.4 Å². The molecular weight excluding hydrogens is 248 g/mol. The van der Waals surface area contributed by atoms with Crippen LogP contribution in [0, 0.1) is 6.92 Å². The molecule has 0 fully saturated rings. The number of hydrogen-bond donors (Lipinski definition) is 3. The van der Waals surface area contributed by atoms with E-state index >= 15 is 0 Å². The van der Waals surface area contributed by atoms with Gasteiger partial charge in [-0.05, 0) is 18.5 Å². The lowest BCUT2D eigenvalue weighted by Gasteiger charge is -2.11. The van der Waals surface area contributed by atoms with Crippen molar-refractivity contribution in [2.75, 3.05) is 0 Å². The highest BCUT2D eigenvalue weighted by Gasteiger charge is 2.24. The predicted octanol–water partition coefficient (Wildman–Crippen LogP) is -1.10. The Kier molecular flexibility index (Phi) is 4.10. The van der Waals surface area contributed by atoms with Crippen molar-refractivity contribution in [3.8, 4) is 0 Å². The van der Waals surface area contributed by atoms with Crippen LogP contribution in [0.2, 0.25) is 0 Å². The fraction of sp³-hybridized carbons (Fsp3) is 0.375. The Morgan fingerprint density at radius 1 is 1.53 bits per heavy atom. The Balaban J connectivity index is 2.74. The number of rotatable bonds is 5. The van der Waals surface area contributed by atoms with Crippen molar-refractivity contribution in [1.29, 1.82) is 0 Å². The van der Waals surface area contributed by atoms with E-state index in [0.717, 1.165) is 11.5 Å². The maximum Gasteiger partial charge on any atom is 0.326 e. The van der Waals surface area contributed by atoms with E-state index in [9.17, 15) is 14.4 Å². The number of hydrogen-bond acceptors (Lipinski definition) is 6. The molecule has 8 nitrogen and oxygen atoms in total. The standard InChI is InChI=1S/C8H10N4O4S/c1-3-6(17-12-11-3)7(14)10-4(8(15)16)2-5(9)13/h4H,2H2,1H3,(H2,9,13)(H,10,14)(H,15,16)/t4-/m1/s1. The predicted molar refractivity (Wildman–Crippen MR) is 57.3 cm³/mol. The van der Waals surface area contributed by atoms with Crippen LogP contribution < -0.4 is 11.1 Å². The Morgan fingerprint density at radius 2 is 2.18 bits per heavy atom. The minimum absolute atomic E-state index is 0.209. The van der Waals surface area contributed by atoms with E-state index in [1.54, 1.807) is 6.92 Å². The van der Waals surface area contributed by atoms with Crippen LogP contribution in [0.1, 0.15) is 21.8 Å². The summed E-state index contributed by atoms with van der Waals surface area (Å²) in [6.45, 7) is 1.57. The molecule has 1 rings (SSSR count). The van der Waals surface area contributed by atoms with E-state index in [2.05, 4.69) is 14.9 Å². The number of carbonyl (C=O) groups excluding carboxylic acids is 2. The molecule has 0 spiro atoms. The number of amides is 2. The van der Waals surface area contributed by atoms with E-state index in [1.165, 1.54) is 0 Å². The van der Waals surface area contributed by atoms with Crippen molar-refractivity contribution in [1.82, 2.24) is 14.9 Å². The second-order valence-electron chi connectivity index (χ2n) is 3.22. The van der Waals surface area contributed by atoms with E-state index < -0.39 is 30.2 Å². The van der Waals surface area contributed by atoms with Gasteiger partial charge in [-0.2, -0.15) is 0 Å². The third-order valence-electron chi connectivity index (χ3n) is 1.87. The number of nitrogens with one attached hydrogen (secondary N) is 1. The van der Waals surface area contributed by atoms with E-state index in [0.29, 0.717) is 5.69 Å². The molecule has 0 saturated heterocycles. The molecule has 0 aliphatic rings. The lowest BCUT2D eigenvalue weighted by atomic mass is 10.2. The second-order valence-corrected chi connectivity index (χ2v) is 3.98. The maximum atomic E-state index is 11.6. The molecular formula is C8H10N4O4S. The first-order valence-electron chi connectivity index (χ1n) is 4.52. The van der Waals surface area contributed by atoms with Crippen LogP contribution in [-0.4, -0.2) is 38.5 Å². The highest BCUT2D eigenvalue weighted by atomic mass is 32.1. The molecule has 0 aromatic carbocycles. The summed E-state index contributed by atoms with van der Waals surface area (Å²) in [6.07, 6.45) is -0.466. The van der Waals surface area contributed by atoms with Gasteiger partial charge in [0.05, 0.1) is 12.1 Å². The first-order valence-corrected chi connectivity index (χ1v) is 5.30. The summed E-state index contributed by atoms with van der Waals surface area (Å²) in [7, 11) is 0. The molecule has 0 saturated carbocycles. The zero-order valence-corrected chi connectivity index (χ0v) is 9.65. The summed E-state index contributed by atoms with van der Waals surface area (Å²) in [6, 6.07) is -1.35. The summed E-state index contributed by atoms with van der Waals surface area (Å²) in [4.78, 5) is 33.2. The van der Waals surface area contributed by atoms with Gasteiger partial charge in [-0.1, -0.05) is 4.49 Å². The van der Waals surface area contributed by atoms with Crippen molar-refractivity contribution < 1.29 is 19.5 Å². The van der Waals surface area contributed by atoms with Crippen LogP contribution >= 0.6 is 11.5 Å². The van der Waals surface area contributed by atoms with Gasteiger partial charge in [-0.25, -0.2) is 4.79 Å². The largest absolute Gasteiger partial charge is 0.480 e. The molecule has 9 heteroatoms. The third kappa shape index (κ3) is 3.48. The van der Waals surface area contributed by atoms with Crippen LogP contribution in [-0.2, 0) is 9.59 Å². The summed E-state index contributed by atoms with van der Waals surface area (Å²) >= 11 is 0.848. The molecule has 1 heterocycles. The Morgan fingerprint density at radius 3 is 2.59 bits per heavy atom. The molecule has 0 unspecified atom stereocenters. The number of primary amides is 1. The maximum absolute atomic E-state index is 11.6. The van der Waals surface area contributed by atoms with E-state index in [-0.39, 0.29) is 4.88 Å². The number of aryl methyl sites for hydroxylation is 1. The molecule has 17 heavy (non-hydrogen) atoms. The van der Waals surface area contributed by atoms with E-state index in [4.69, 9.17) is 10.8 Å². The Labute approximate surface area is 100.0 Å². The van der Waals surface area contributed by atoms with Gasteiger partial charge in [-0.3, -0.25) is 9.59 Å². The summed E-state index contributed by atoms with van der Waals surface area (Å²) in [5, 5.41) is 14.6. The Hall–Kier alpha value is -2.03. The van der Waals surface area contributed by atoms with Gasteiger partial charge in [0.1, 0.15) is 10.9 Å².